The Hall–Kier alpha value is -3.60. The molecule has 0 spiro atoms. The molecular weight excluding hydrogens is 316 g/mol. The number of aromatic nitrogens is 1. The van der Waals surface area contributed by atoms with Gasteiger partial charge in [-0.05, 0) is 35.0 Å². The van der Waals surface area contributed by atoms with Gasteiger partial charge >= 0.3 is 0 Å². The van der Waals surface area contributed by atoms with Gasteiger partial charge in [-0.1, -0.05) is 30.3 Å². The van der Waals surface area contributed by atoms with Crippen molar-refractivity contribution in [3.05, 3.63) is 70.8 Å². The van der Waals surface area contributed by atoms with Gasteiger partial charge in [0.05, 0.1) is 15.8 Å². The molecule has 5 rings (SSSR count). The van der Waals surface area contributed by atoms with Crippen LogP contribution in [0.15, 0.2) is 60.7 Å². The number of H-pyrrole nitrogens is 1. The van der Waals surface area contributed by atoms with Crippen LogP contribution in [-0.2, 0) is 0 Å². The standard InChI is InChI=1S/C20H12N2O3/c23-12-6-7-14-15(9-12)20-17(10-18(14)22(24)25)21-16-8-5-11-3-1-2-4-13(11)19(16)20/h1-10,21,23H. The van der Waals surface area contributed by atoms with Gasteiger partial charge in [0.2, 0.25) is 0 Å². The first-order valence-corrected chi connectivity index (χ1v) is 7.87. The van der Waals surface area contributed by atoms with Gasteiger partial charge in [-0.15, -0.1) is 0 Å². The molecule has 4 aromatic carbocycles. The van der Waals surface area contributed by atoms with Crippen molar-refractivity contribution in [2.45, 2.75) is 0 Å². The number of nitro groups is 1. The van der Waals surface area contributed by atoms with Crippen molar-refractivity contribution < 1.29 is 10.0 Å². The molecule has 0 saturated carbocycles. The highest BCUT2D eigenvalue weighted by atomic mass is 16.6. The van der Waals surface area contributed by atoms with Gasteiger partial charge in [0, 0.05) is 27.7 Å². The highest BCUT2D eigenvalue weighted by Gasteiger charge is 2.19. The van der Waals surface area contributed by atoms with Crippen molar-refractivity contribution in [2.24, 2.45) is 0 Å². The number of phenolic OH excluding ortho intramolecular Hbond substituents is 1. The second-order valence-electron chi connectivity index (χ2n) is 6.14. The minimum Gasteiger partial charge on any atom is -0.508 e. The number of fused-ring (bicyclic) bond motifs is 7. The molecule has 5 heteroatoms. The molecule has 0 aliphatic rings. The lowest BCUT2D eigenvalue weighted by molar-refractivity contribution is -0.382. The van der Waals surface area contributed by atoms with Crippen LogP contribution < -0.4 is 0 Å². The molecule has 0 atom stereocenters. The summed E-state index contributed by atoms with van der Waals surface area (Å²) in [7, 11) is 0. The Labute approximate surface area is 141 Å². The average Bonchev–Trinajstić information content (AvgIpc) is 3.00. The molecule has 0 saturated heterocycles. The van der Waals surface area contributed by atoms with E-state index in [1.54, 1.807) is 18.2 Å². The number of aromatic hydroxyl groups is 1. The Kier molecular flexibility index (Phi) is 2.60. The van der Waals surface area contributed by atoms with Crippen LogP contribution in [0.5, 0.6) is 5.75 Å². The summed E-state index contributed by atoms with van der Waals surface area (Å²) < 4.78 is 0. The van der Waals surface area contributed by atoms with E-state index in [4.69, 9.17) is 0 Å². The van der Waals surface area contributed by atoms with Crippen LogP contribution in [0, 0.1) is 10.1 Å². The minimum absolute atomic E-state index is 0.0263. The Morgan fingerprint density at radius 1 is 0.840 bits per heavy atom. The summed E-state index contributed by atoms with van der Waals surface area (Å²) in [6.45, 7) is 0. The average molecular weight is 328 g/mol. The number of aromatic amines is 1. The van der Waals surface area contributed by atoms with Gasteiger partial charge < -0.3 is 10.1 Å². The van der Waals surface area contributed by atoms with E-state index >= 15 is 0 Å². The van der Waals surface area contributed by atoms with Gasteiger partial charge in [0.25, 0.3) is 5.69 Å². The number of hydrogen-bond acceptors (Lipinski definition) is 3. The Bertz CT molecular complexity index is 1340. The largest absolute Gasteiger partial charge is 0.508 e. The molecule has 1 heterocycles. The third kappa shape index (κ3) is 1.83. The normalized spacial score (nSPS) is 11.7. The first-order chi connectivity index (χ1) is 12.1. The molecule has 0 radical (unpaired) electrons. The number of nitrogens with zero attached hydrogens (tertiary/aromatic N) is 1. The number of rotatable bonds is 1. The smallest absolute Gasteiger partial charge is 0.279 e. The van der Waals surface area contributed by atoms with Crippen molar-refractivity contribution in [3.63, 3.8) is 0 Å². The van der Waals surface area contributed by atoms with E-state index in [1.165, 1.54) is 6.07 Å². The lowest BCUT2D eigenvalue weighted by Gasteiger charge is -2.05. The van der Waals surface area contributed by atoms with Gasteiger partial charge in [0.15, 0.2) is 0 Å². The predicted molar refractivity (Wildman–Crippen MR) is 99.1 cm³/mol. The van der Waals surface area contributed by atoms with Crippen LogP contribution in [0.1, 0.15) is 0 Å². The van der Waals surface area contributed by atoms with Crippen LogP contribution in [0.3, 0.4) is 0 Å². The Morgan fingerprint density at radius 3 is 2.48 bits per heavy atom. The number of hydrogen-bond donors (Lipinski definition) is 2. The van der Waals surface area contributed by atoms with E-state index < -0.39 is 0 Å². The molecule has 0 unspecified atom stereocenters. The molecule has 2 N–H and O–H groups in total. The van der Waals surface area contributed by atoms with Crippen molar-refractivity contribution in [2.75, 3.05) is 0 Å². The molecular formula is C20H12N2O3. The fourth-order valence-electron chi connectivity index (χ4n) is 3.70. The fourth-order valence-corrected chi connectivity index (χ4v) is 3.70. The second kappa shape index (κ2) is 4.70. The number of phenols is 1. The van der Waals surface area contributed by atoms with E-state index in [-0.39, 0.29) is 16.4 Å². The number of nitrogens with one attached hydrogen (secondary N) is 1. The summed E-state index contributed by atoms with van der Waals surface area (Å²) in [5.41, 5.74) is 1.63. The SMILES string of the molecule is O=[N+]([O-])c1cc2[nH]c3ccc4ccccc4c3c2c2cc(O)ccc12. The molecule has 120 valence electrons. The first-order valence-electron chi connectivity index (χ1n) is 7.87. The van der Waals surface area contributed by atoms with Crippen LogP contribution in [0.25, 0.3) is 43.4 Å². The van der Waals surface area contributed by atoms with Crippen molar-refractivity contribution in [1.29, 1.82) is 0 Å². The van der Waals surface area contributed by atoms with Crippen LogP contribution in [0.2, 0.25) is 0 Å². The quantitative estimate of drug-likeness (QED) is 0.326. The summed E-state index contributed by atoms with van der Waals surface area (Å²) >= 11 is 0. The van der Waals surface area contributed by atoms with Crippen LogP contribution >= 0.6 is 0 Å². The van der Waals surface area contributed by atoms with Gasteiger partial charge in [-0.3, -0.25) is 10.1 Å². The molecule has 0 amide bonds. The van der Waals surface area contributed by atoms with Crippen molar-refractivity contribution in [3.8, 4) is 5.75 Å². The molecule has 0 aliphatic heterocycles. The van der Waals surface area contributed by atoms with Crippen molar-refractivity contribution >= 4 is 49.0 Å². The molecule has 0 aliphatic carbocycles. The number of nitro benzene ring substituents is 1. The zero-order valence-electron chi connectivity index (χ0n) is 13.0. The van der Waals surface area contributed by atoms with Gasteiger partial charge in [-0.2, -0.15) is 0 Å². The lowest BCUT2D eigenvalue weighted by Crippen LogP contribution is -1.90. The second-order valence-corrected chi connectivity index (χ2v) is 6.14. The third-order valence-electron chi connectivity index (χ3n) is 4.74. The van der Waals surface area contributed by atoms with Crippen molar-refractivity contribution in [1.82, 2.24) is 4.98 Å². The van der Waals surface area contributed by atoms with Gasteiger partial charge in [0.1, 0.15) is 5.75 Å². The molecule has 25 heavy (non-hydrogen) atoms. The topological polar surface area (TPSA) is 79.2 Å². The van der Waals surface area contributed by atoms with Crippen LogP contribution in [0.4, 0.5) is 5.69 Å². The number of non-ortho nitro benzene ring substituents is 1. The maximum absolute atomic E-state index is 11.5. The molecule has 5 nitrogen and oxygen atoms in total. The van der Waals surface area contributed by atoms with E-state index in [0.29, 0.717) is 16.3 Å². The lowest BCUT2D eigenvalue weighted by atomic mass is 9.98. The summed E-state index contributed by atoms with van der Waals surface area (Å²) in [6.07, 6.45) is 0. The van der Waals surface area contributed by atoms with E-state index in [0.717, 1.165) is 27.1 Å². The maximum Gasteiger partial charge on any atom is 0.279 e. The Balaban J connectivity index is 2.13. The highest BCUT2D eigenvalue weighted by molar-refractivity contribution is 6.28. The molecule has 0 bridgehead atoms. The maximum atomic E-state index is 11.5. The summed E-state index contributed by atoms with van der Waals surface area (Å²) in [4.78, 5) is 14.4. The number of benzene rings is 4. The van der Waals surface area contributed by atoms with E-state index in [2.05, 4.69) is 4.98 Å². The van der Waals surface area contributed by atoms with Crippen LogP contribution in [-0.4, -0.2) is 15.0 Å². The third-order valence-corrected chi connectivity index (χ3v) is 4.74. The molecule has 5 aromatic rings. The molecule has 0 fully saturated rings. The summed E-state index contributed by atoms with van der Waals surface area (Å²) in [5, 5.41) is 26.7. The summed E-state index contributed by atoms with van der Waals surface area (Å²) in [5.74, 6) is 0.0869. The zero-order chi connectivity index (χ0) is 17.1. The van der Waals surface area contributed by atoms with E-state index in [1.807, 2.05) is 36.4 Å². The highest BCUT2D eigenvalue weighted by Crippen LogP contribution is 2.41. The van der Waals surface area contributed by atoms with E-state index in [9.17, 15) is 15.2 Å². The summed E-state index contributed by atoms with van der Waals surface area (Å²) in [6, 6.07) is 18.3. The monoisotopic (exact) mass is 328 g/mol. The first kappa shape index (κ1) is 13.8. The van der Waals surface area contributed by atoms with Gasteiger partial charge in [-0.25, -0.2) is 0 Å². The molecule has 1 aromatic heterocycles. The minimum atomic E-state index is -0.386. The predicted octanol–water partition coefficient (Wildman–Crippen LogP) is 5.24. The Morgan fingerprint density at radius 2 is 1.64 bits per heavy atom. The zero-order valence-corrected chi connectivity index (χ0v) is 13.0. The fraction of sp³-hybridized carbons (Fsp3) is 0.